The molecule has 1 aromatic carbocycles. The van der Waals surface area contributed by atoms with Gasteiger partial charge in [0.15, 0.2) is 11.5 Å². The van der Waals surface area contributed by atoms with Crippen LogP contribution in [0.1, 0.15) is 26.7 Å². The van der Waals surface area contributed by atoms with Crippen LogP contribution in [0.2, 0.25) is 0 Å². The molecule has 0 spiro atoms. The lowest BCUT2D eigenvalue weighted by molar-refractivity contribution is 0.211. The van der Waals surface area contributed by atoms with Crippen molar-refractivity contribution >= 4 is 10.0 Å². The van der Waals surface area contributed by atoms with Crippen LogP contribution >= 0.6 is 0 Å². The van der Waals surface area contributed by atoms with Gasteiger partial charge in [0.25, 0.3) is 0 Å². The van der Waals surface area contributed by atoms with Crippen molar-refractivity contribution in [2.75, 3.05) is 39.9 Å². The largest absolute Gasteiger partial charge is 0.490 e. The fraction of sp³-hybridized carbons (Fsp3) is 0.647. The molecule has 24 heavy (non-hydrogen) atoms. The fourth-order valence-corrected chi connectivity index (χ4v) is 4.08. The zero-order valence-corrected chi connectivity index (χ0v) is 15.6. The lowest BCUT2D eigenvalue weighted by atomic mass is 9.99. The van der Waals surface area contributed by atoms with Crippen LogP contribution in [0.15, 0.2) is 23.1 Å². The number of hydrogen-bond acceptors (Lipinski definition) is 5. The first-order chi connectivity index (χ1) is 11.5. The summed E-state index contributed by atoms with van der Waals surface area (Å²) in [7, 11) is -1.48. The molecule has 1 fully saturated rings. The molecule has 0 amide bonds. The molecule has 6 nitrogen and oxygen atoms in total. The predicted octanol–water partition coefficient (Wildman–Crippen LogP) is 2.10. The minimum Gasteiger partial charge on any atom is -0.490 e. The first-order valence-corrected chi connectivity index (χ1v) is 10.0. The van der Waals surface area contributed by atoms with E-state index in [1.54, 1.807) is 12.1 Å². The second-order valence-electron chi connectivity index (χ2n) is 6.10. The summed E-state index contributed by atoms with van der Waals surface area (Å²) < 4.78 is 38.8. The van der Waals surface area contributed by atoms with Gasteiger partial charge in [-0.2, -0.15) is 0 Å². The van der Waals surface area contributed by atoms with Gasteiger partial charge in [0.05, 0.1) is 18.1 Å². The Labute approximate surface area is 145 Å². The number of likely N-dealkylation sites (tertiary alicyclic amines) is 1. The molecule has 7 heteroatoms. The number of ether oxygens (including phenoxy) is 2. The Morgan fingerprint density at radius 2 is 1.92 bits per heavy atom. The quantitative estimate of drug-likeness (QED) is 0.773. The van der Waals surface area contributed by atoms with Gasteiger partial charge in [-0.25, -0.2) is 13.1 Å². The predicted molar refractivity (Wildman–Crippen MR) is 94.2 cm³/mol. The molecule has 0 saturated carbocycles. The van der Waals surface area contributed by atoms with Gasteiger partial charge in [-0.1, -0.05) is 0 Å². The van der Waals surface area contributed by atoms with E-state index in [0.717, 1.165) is 25.9 Å². The van der Waals surface area contributed by atoms with E-state index in [2.05, 4.69) is 16.7 Å². The second-order valence-corrected chi connectivity index (χ2v) is 7.86. The highest BCUT2D eigenvalue weighted by atomic mass is 32.2. The Balaban J connectivity index is 2.08. The zero-order chi connectivity index (χ0) is 17.6. The highest BCUT2D eigenvalue weighted by Gasteiger charge is 2.22. The van der Waals surface area contributed by atoms with E-state index in [0.29, 0.717) is 37.2 Å². The Hall–Kier alpha value is -1.31. The number of sulfonamides is 1. The van der Waals surface area contributed by atoms with Crippen molar-refractivity contribution in [3.05, 3.63) is 18.2 Å². The number of benzene rings is 1. The summed E-state index contributed by atoms with van der Waals surface area (Å²) in [5.41, 5.74) is 0. The second kappa shape index (κ2) is 8.69. The first kappa shape index (κ1) is 19.0. The van der Waals surface area contributed by atoms with E-state index in [-0.39, 0.29) is 4.90 Å². The van der Waals surface area contributed by atoms with Gasteiger partial charge in [0.1, 0.15) is 0 Å². The molecule has 0 bridgehead atoms. The average Bonchev–Trinajstić information content (AvgIpc) is 2.55. The molecule has 1 unspecified atom stereocenters. The lowest BCUT2D eigenvalue weighted by Crippen LogP contribution is -2.39. The number of rotatable bonds is 8. The highest BCUT2D eigenvalue weighted by molar-refractivity contribution is 7.89. The third kappa shape index (κ3) is 5.09. The van der Waals surface area contributed by atoms with E-state index in [1.807, 2.05) is 13.8 Å². The molecule has 1 atom stereocenters. The molecule has 1 aromatic rings. The van der Waals surface area contributed by atoms with Crippen molar-refractivity contribution in [1.29, 1.82) is 0 Å². The molecule has 1 saturated heterocycles. The number of piperidine rings is 1. The van der Waals surface area contributed by atoms with Crippen molar-refractivity contribution < 1.29 is 17.9 Å². The molecule has 1 heterocycles. The third-order valence-electron chi connectivity index (χ3n) is 4.11. The normalized spacial score (nSPS) is 19.2. The van der Waals surface area contributed by atoms with Crippen LogP contribution in [0.3, 0.4) is 0 Å². The minimum absolute atomic E-state index is 0.207. The highest BCUT2D eigenvalue weighted by Crippen LogP contribution is 2.30. The minimum atomic E-state index is -3.55. The molecular weight excluding hydrogens is 328 g/mol. The van der Waals surface area contributed by atoms with E-state index in [4.69, 9.17) is 9.47 Å². The van der Waals surface area contributed by atoms with Gasteiger partial charge in [0.2, 0.25) is 10.0 Å². The number of hydrogen-bond donors (Lipinski definition) is 1. The topological polar surface area (TPSA) is 67.9 Å². The van der Waals surface area contributed by atoms with Crippen molar-refractivity contribution in [1.82, 2.24) is 9.62 Å². The van der Waals surface area contributed by atoms with Crippen molar-refractivity contribution in [2.24, 2.45) is 5.92 Å². The zero-order valence-electron chi connectivity index (χ0n) is 14.7. The summed E-state index contributed by atoms with van der Waals surface area (Å²) in [5, 5.41) is 0. The van der Waals surface area contributed by atoms with Crippen molar-refractivity contribution in [2.45, 2.75) is 31.6 Å². The van der Waals surface area contributed by atoms with Gasteiger partial charge in [0, 0.05) is 19.2 Å². The maximum absolute atomic E-state index is 12.6. The van der Waals surface area contributed by atoms with Crippen molar-refractivity contribution in [3.63, 3.8) is 0 Å². The summed E-state index contributed by atoms with van der Waals surface area (Å²) in [5.74, 6) is 1.37. The van der Waals surface area contributed by atoms with Gasteiger partial charge in [-0.15, -0.1) is 0 Å². The van der Waals surface area contributed by atoms with E-state index in [1.165, 1.54) is 6.07 Å². The molecule has 1 aliphatic heterocycles. The molecule has 0 aromatic heterocycles. The maximum atomic E-state index is 12.6. The molecule has 0 aliphatic carbocycles. The Bertz CT molecular complexity index is 633. The standard InChI is InChI=1S/C17H28N2O4S/c1-4-22-16-9-8-15(11-17(16)23-5-2)24(20,21)18-12-14-7-6-10-19(3)13-14/h8-9,11,14,18H,4-7,10,12-13H2,1-3H3. The Morgan fingerprint density at radius 1 is 1.21 bits per heavy atom. The van der Waals surface area contributed by atoms with Crippen LogP contribution in [0.25, 0.3) is 0 Å². The summed E-state index contributed by atoms with van der Waals surface area (Å²) >= 11 is 0. The van der Waals surface area contributed by atoms with Crippen LogP contribution in [-0.2, 0) is 10.0 Å². The number of nitrogens with one attached hydrogen (secondary N) is 1. The van der Waals surface area contributed by atoms with Crippen LogP contribution in [0.4, 0.5) is 0 Å². The van der Waals surface area contributed by atoms with Crippen LogP contribution in [-0.4, -0.2) is 53.2 Å². The van der Waals surface area contributed by atoms with E-state index >= 15 is 0 Å². The smallest absolute Gasteiger partial charge is 0.240 e. The average molecular weight is 356 g/mol. The Morgan fingerprint density at radius 3 is 2.58 bits per heavy atom. The van der Waals surface area contributed by atoms with Gasteiger partial charge in [-0.3, -0.25) is 0 Å². The monoisotopic (exact) mass is 356 g/mol. The SMILES string of the molecule is CCOc1ccc(S(=O)(=O)NCC2CCCN(C)C2)cc1OCC. The summed E-state index contributed by atoms with van der Waals surface area (Å²) in [4.78, 5) is 2.45. The summed E-state index contributed by atoms with van der Waals surface area (Å²) in [6.45, 7) is 7.16. The van der Waals surface area contributed by atoms with Gasteiger partial charge in [-0.05, 0) is 58.3 Å². The lowest BCUT2D eigenvalue weighted by Gasteiger charge is -2.29. The van der Waals surface area contributed by atoms with Gasteiger partial charge >= 0.3 is 0 Å². The maximum Gasteiger partial charge on any atom is 0.240 e. The van der Waals surface area contributed by atoms with Crippen LogP contribution in [0, 0.1) is 5.92 Å². The van der Waals surface area contributed by atoms with Crippen LogP contribution in [0.5, 0.6) is 11.5 Å². The molecule has 136 valence electrons. The molecule has 2 rings (SSSR count). The third-order valence-corrected chi connectivity index (χ3v) is 5.53. The molecular formula is C17H28N2O4S. The fourth-order valence-electron chi connectivity index (χ4n) is 2.95. The van der Waals surface area contributed by atoms with E-state index in [9.17, 15) is 8.42 Å². The Kier molecular flexibility index (Phi) is 6.89. The van der Waals surface area contributed by atoms with Crippen molar-refractivity contribution in [3.8, 4) is 11.5 Å². The molecule has 0 radical (unpaired) electrons. The summed E-state index contributed by atoms with van der Waals surface area (Å²) in [6, 6.07) is 4.74. The molecule has 1 aliphatic rings. The first-order valence-electron chi connectivity index (χ1n) is 8.54. The molecule has 1 N–H and O–H groups in total. The summed E-state index contributed by atoms with van der Waals surface area (Å²) in [6.07, 6.45) is 2.17. The number of nitrogens with zero attached hydrogens (tertiary/aromatic N) is 1. The van der Waals surface area contributed by atoms with E-state index < -0.39 is 10.0 Å². The van der Waals surface area contributed by atoms with Gasteiger partial charge < -0.3 is 14.4 Å². The van der Waals surface area contributed by atoms with Crippen LogP contribution < -0.4 is 14.2 Å².